The third-order valence-corrected chi connectivity index (χ3v) is 8.90. The van der Waals surface area contributed by atoms with Gasteiger partial charge < -0.3 is 9.67 Å². The highest BCUT2D eigenvalue weighted by molar-refractivity contribution is 7.91. The molecular weight excluding hydrogens is 448 g/mol. The molecule has 3 aromatic rings. The molecule has 1 aliphatic rings. The Morgan fingerprint density at radius 1 is 1.06 bits per heavy atom. The van der Waals surface area contributed by atoms with Crippen molar-refractivity contribution in [2.45, 2.75) is 70.3 Å². The molecule has 1 atom stereocenters. The fraction of sp³-hybridized carbons (Fsp3) is 0.500. The predicted molar refractivity (Wildman–Crippen MR) is 133 cm³/mol. The molecule has 0 spiro atoms. The van der Waals surface area contributed by atoms with E-state index in [9.17, 15) is 13.5 Å². The first-order valence-corrected chi connectivity index (χ1v) is 13.4. The fourth-order valence-corrected chi connectivity index (χ4v) is 4.88. The molecule has 0 radical (unpaired) electrons. The van der Waals surface area contributed by atoms with E-state index in [1.165, 1.54) is 18.4 Å². The van der Waals surface area contributed by atoms with Crippen molar-refractivity contribution in [3.05, 3.63) is 47.9 Å². The van der Waals surface area contributed by atoms with E-state index >= 15 is 0 Å². The first-order chi connectivity index (χ1) is 15.8. The van der Waals surface area contributed by atoms with Crippen molar-refractivity contribution in [1.82, 2.24) is 19.7 Å². The summed E-state index contributed by atoms with van der Waals surface area (Å²) in [5.74, 6) is 1.54. The number of hydrogen-bond donors (Lipinski definition) is 1. The van der Waals surface area contributed by atoms with Crippen LogP contribution in [0.25, 0.3) is 22.6 Å². The lowest BCUT2D eigenvalue weighted by Crippen LogP contribution is -2.42. The summed E-state index contributed by atoms with van der Waals surface area (Å²) in [4.78, 5) is 4.71. The van der Waals surface area contributed by atoms with Crippen LogP contribution in [0.1, 0.15) is 64.8 Å². The van der Waals surface area contributed by atoms with Crippen molar-refractivity contribution >= 4 is 9.84 Å². The number of aromatic nitrogens is 4. The second-order valence-electron chi connectivity index (χ2n) is 10.6. The molecule has 0 bridgehead atoms. The van der Waals surface area contributed by atoms with Gasteiger partial charge in [0.1, 0.15) is 11.5 Å². The third-order valence-electron chi connectivity index (χ3n) is 7.16. The van der Waals surface area contributed by atoms with Crippen LogP contribution in [-0.4, -0.2) is 44.6 Å². The number of benzene rings is 1. The summed E-state index contributed by atoms with van der Waals surface area (Å²) >= 11 is 0. The number of rotatable bonds is 7. The van der Waals surface area contributed by atoms with Crippen molar-refractivity contribution in [1.29, 1.82) is 0 Å². The van der Waals surface area contributed by atoms with Crippen LogP contribution in [0.5, 0.6) is 0 Å². The lowest BCUT2D eigenvalue weighted by atomic mass is 9.75. The molecule has 8 heteroatoms. The van der Waals surface area contributed by atoms with Crippen molar-refractivity contribution in [2.75, 3.05) is 5.75 Å². The molecule has 1 saturated carbocycles. The minimum atomic E-state index is -3.58. The molecule has 1 aromatic carbocycles. The quantitative estimate of drug-likeness (QED) is 0.530. The summed E-state index contributed by atoms with van der Waals surface area (Å²) in [6.07, 6.45) is 4.44. The van der Waals surface area contributed by atoms with Gasteiger partial charge in [0.2, 0.25) is 0 Å². The van der Waals surface area contributed by atoms with Gasteiger partial charge in [-0.3, -0.25) is 4.98 Å². The van der Waals surface area contributed by atoms with Crippen LogP contribution in [0, 0.1) is 5.41 Å². The molecule has 2 heterocycles. The molecule has 1 aliphatic carbocycles. The smallest absolute Gasteiger partial charge is 0.183 e. The Bertz CT molecular complexity index is 1300. The van der Waals surface area contributed by atoms with Gasteiger partial charge in [0.15, 0.2) is 15.7 Å². The largest absolute Gasteiger partial charge is 0.389 e. The number of pyridine rings is 1. The van der Waals surface area contributed by atoms with Gasteiger partial charge in [0.05, 0.1) is 16.2 Å². The van der Waals surface area contributed by atoms with Gasteiger partial charge in [-0.25, -0.2) is 8.42 Å². The maximum absolute atomic E-state index is 13.1. The topological polar surface area (TPSA) is 98.0 Å². The van der Waals surface area contributed by atoms with E-state index < -0.39 is 15.4 Å². The van der Waals surface area contributed by atoms with Crippen LogP contribution in [0.15, 0.2) is 41.4 Å². The SMILES string of the molecule is CCS(=O)(=O)c1cc(-c2ccc(C3CC3)cc2)cnc1-c1nnc(CC(C)(O)C(C)(C)C)n1C. The van der Waals surface area contributed by atoms with Crippen LogP contribution in [0.4, 0.5) is 0 Å². The van der Waals surface area contributed by atoms with E-state index in [1.807, 2.05) is 32.9 Å². The van der Waals surface area contributed by atoms with E-state index in [0.29, 0.717) is 17.6 Å². The molecule has 0 amide bonds. The number of aliphatic hydroxyl groups is 1. The van der Waals surface area contributed by atoms with Crippen molar-refractivity contribution in [3.8, 4) is 22.6 Å². The summed E-state index contributed by atoms with van der Waals surface area (Å²) in [6.45, 7) is 9.30. The average molecular weight is 483 g/mol. The standard InChI is InChI=1S/C26H34N4O3S/c1-7-34(32,33)21-14-20(19-12-10-18(11-13-19)17-8-9-17)16-27-23(21)24-29-28-22(30(24)6)15-26(5,31)25(2,3)4/h10-14,16-17,31H,7-9,15H2,1-6H3. The van der Waals surface area contributed by atoms with Gasteiger partial charge in [0, 0.05) is 25.2 Å². The molecule has 0 aliphatic heterocycles. The Morgan fingerprint density at radius 3 is 2.26 bits per heavy atom. The fourth-order valence-electron chi connectivity index (χ4n) is 3.82. The zero-order valence-corrected chi connectivity index (χ0v) is 21.6. The zero-order chi connectivity index (χ0) is 24.9. The predicted octanol–water partition coefficient (Wildman–Crippen LogP) is 4.55. The number of hydrogen-bond acceptors (Lipinski definition) is 6. The highest BCUT2D eigenvalue weighted by Crippen LogP contribution is 2.40. The summed E-state index contributed by atoms with van der Waals surface area (Å²) < 4.78 is 27.9. The second-order valence-corrected chi connectivity index (χ2v) is 12.8. The molecule has 0 saturated heterocycles. The third kappa shape index (κ3) is 4.66. The highest BCUT2D eigenvalue weighted by Gasteiger charge is 2.37. The molecule has 34 heavy (non-hydrogen) atoms. The molecule has 1 unspecified atom stereocenters. The van der Waals surface area contributed by atoms with Gasteiger partial charge in [-0.1, -0.05) is 52.0 Å². The lowest BCUT2D eigenvalue weighted by molar-refractivity contribution is -0.0425. The molecule has 2 aromatic heterocycles. The van der Waals surface area contributed by atoms with E-state index in [1.54, 1.807) is 37.7 Å². The van der Waals surface area contributed by atoms with Crippen LogP contribution in [0.2, 0.25) is 0 Å². The van der Waals surface area contributed by atoms with Crippen LogP contribution >= 0.6 is 0 Å². The van der Waals surface area contributed by atoms with Gasteiger partial charge in [-0.05, 0) is 48.3 Å². The highest BCUT2D eigenvalue weighted by atomic mass is 32.2. The second kappa shape index (κ2) is 8.57. The lowest BCUT2D eigenvalue weighted by Gasteiger charge is -2.36. The Labute approximate surface area is 202 Å². The van der Waals surface area contributed by atoms with E-state index in [-0.39, 0.29) is 28.2 Å². The Morgan fingerprint density at radius 2 is 1.71 bits per heavy atom. The molecule has 1 N–H and O–H groups in total. The zero-order valence-electron chi connectivity index (χ0n) is 20.8. The maximum Gasteiger partial charge on any atom is 0.183 e. The number of sulfone groups is 1. The van der Waals surface area contributed by atoms with Gasteiger partial charge >= 0.3 is 0 Å². The number of nitrogens with zero attached hydrogens (tertiary/aromatic N) is 4. The minimum absolute atomic E-state index is 0.0464. The van der Waals surface area contributed by atoms with Crippen molar-refractivity contribution < 1.29 is 13.5 Å². The maximum atomic E-state index is 13.1. The van der Waals surface area contributed by atoms with Gasteiger partial charge in [0.25, 0.3) is 0 Å². The molecular formula is C26H34N4O3S. The van der Waals surface area contributed by atoms with Crippen LogP contribution in [0.3, 0.4) is 0 Å². The first kappa shape index (κ1) is 24.5. The van der Waals surface area contributed by atoms with Gasteiger partial charge in [-0.2, -0.15) is 0 Å². The molecule has 1 fully saturated rings. The van der Waals surface area contributed by atoms with Crippen molar-refractivity contribution in [3.63, 3.8) is 0 Å². The van der Waals surface area contributed by atoms with Crippen LogP contribution in [-0.2, 0) is 23.3 Å². The summed E-state index contributed by atoms with van der Waals surface area (Å²) in [7, 11) is -1.80. The normalized spacial score (nSPS) is 16.4. The summed E-state index contributed by atoms with van der Waals surface area (Å²) in [5, 5.41) is 19.5. The summed E-state index contributed by atoms with van der Waals surface area (Å²) in [5.41, 5.74) is 1.88. The van der Waals surface area contributed by atoms with E-state index in [2.05, 4.69) is 27.3 Å². The van der Waals surface area contributed by atoms with E-state index in [4.69, 9.17) is 0 Å². The molecule has 182 valence electrons. The Balaban J connectivity index is 1.76. The van der Waals surface area contributed by atoms with E-state index in [0.717, 1.165) is 11.1 Å². The molecule has 4 rings (SSSR count). The minimum Gasteiger partial charge on any atom is -0.389 e. The van der Waals surface area contributed by atoms with Crippen LogP contribution < -0.4 is 0 Å². The first-order valence-electron chi connectivity index (χ1n) is 11.8. The molecule has 7 nitrogen and oxygen atoms in total. The Kier molecular flexibility index (Phi) is 6.19. The average Bonchev–Trinajstić information content (AvgIpc) is 3.57. The van der Waals surface area contributed by atoms with Crippen molar-refractivity contribution in [2.24, 2.45) is 12.5 Å². The van der Waals surface area contributed by atoms with Gasteiger partial charge in [-0.15, -0.1) is 10.2 Å². The Hall–Kier alpha value is -2.58. The monoisotopic (exact) mass is 482 g/mol. The summed E-state index contributed by atoms with van der Waals surface area (Å²) in [6, 6.07) is 9.98.